The predicted molar refractivity (Wildman–Crippen MR) is 88.9 cm³/mol. The van der Waals surface area contributed by atoms with Crippen molar-refractivity contribution in [3.8, 4) is 11.6 Å². The molecule has 0 aliphatic heterocycles. The minimum atomic E-state index is 0.443. The number of ether oxygens (including phenoxy) is 1. The summed E-state index contributed by atoms with van der Waals surface area (Å²) in [5.41, 5.74) is 6.75. The number of nitrogens with zero attached hydrogens (tertiary/aromatic N) is 1. The van der Waals surface area contributed by atoms with Crippen LogP contribution < -0.4 is 10.5 Å². The minimum Gasteiger partial charge on any atom is -0.437 e. The molecule has 0 unspecified atom stereocenters. The molecule has 0 amide bonds. The van der Waals surface area contributed by atoms with E-state index in [-0.39, 0.29) is 0 Å². The van der Waals surface area contributed by atoms with E-state index < -0.39 is 0 Å². The number of halogens is 2. The summed E-state index contributed by atoms with van der Waals surface area (Å²) in [6, 6.07) is 13.3. The number of fused-ring (bicyclic) bond motifs is 1. The maximum absolute atomic E-state index is 5.94. The molecule has 1 aromatic heterocycles. The lowest BCUT2D eigenvalue weighted by atomic mass is 10.1. The summed E-state index contributed by atoms with van der Waals surface area (Å²) in [6.45, 7) is 0.443. The van der Waals surface area contributed by atoms with Gasteiger partial charge in [-0.25, -0.2) is 4.98 Å². The van der Waals surface area contributed by atoms with Gasteiger partial charge in [0.25, 0.3) is 0 Å². The number of rotatable bonds is 3. The largest absolute Gasteiger partial charge is 0.437 e. The molecular formula is C16H12BrClN2O. The van der Waals surface area contributed by atoms with Gasteiger partial charge in [-0.15, -0.1) is 0 Å². The monoisotopic (exact) mass is 362 g/mol. The van der Waals surface area contributed by atoms with Crippen LogP contribution >= 0.6 is 27.5 Å². The highest BCUT2D eigenvalue weighted by molar-refractivity contribution is 9.10. The highest BCUT2D eigenvalue weighted by atomic mass is 79.9. The Morgan fingerprint density at radius 1 is 1.14 bits per heavy atom. The normalized spacial score (nSPS) is 10.8. The van der Waals surface area contributed by atoms with E-state index in [0.29, 0.717) is 23.2 Å². The minimum absolute atomic E-state index is 0.443. The Bertz CT molecular complexity index is 807. The molecule has 0 radical (unpaired) electrons. The summed E-state index contributed by atoms with van der Waals surface area (Å²) in [6.07, 6.45) is 1.75. The smallest absolute Gasteiger partial charge is 0.227 e. The Labute approximate surface area is 135 Å². The fourth-order valence-electron chi connectivity index (χ4n) is 2.13. The first-order chi connectivity index (χ1) is 10.2. The van der Waals surface area contributed by atoms with Gasteiger partial charge >= 0.3 is 0 Å². The maximum atomic E-state index is 5.94. The van der Waals surface area contributed by atoms with E-state index in [1.165, 1.54) is 0 Å². The van der Waals surface area contributed by atoms with E-state index in [0.717, 1.165) is 20.8 Å². The van der Waals surface area contributed by atoms with Gasteiger partial charge in [-0.1, -0.05) is 29.8 Å². The number of hydrogen-bond acceptors (Lipinski definition) is 3. The van der Waals surface area contributed by atoms with Crippen LogP contribution in [0.4, 0.5) is 0 Å². The van der Waals surface area contributed by atoms with Crippen LogP contribution in [0.2, 0.25) is 5.02 Å². The van der Waals surface area contributed by atoms with Crippen molar-refractivity contribution in [3.05, 3.63) is 63.7 Å². The first-order valence-corrected chi connectivity index (χ1v) is 7.55. The van der Waals surface area contributed by atoms with Gasteiger partial charge in [0.2, 0.25) is 5.88 Å². The zero-order chi connectivity index (χ0) is 14.8. The third kappa shape index (κ3) is 2.88. The molecule has 3 aromatic rings. The molecule has 0 bridgehead atoms. The lowest BCUT2D eigenvalue weighted by Gasteiger charge is -2.11. The second-order valence-electron chi connectivity index (χ2n) is 4.52. The summed E-state index contributed by atoms with van der Waals surface area (Å²) in [7, 11) is 0. The molecule has 0 fully saturated rings. The fraction of sp³-hybridized carbons (Fsp3) is 0.0625. The number of benzene rings is 2. The van der Waals surface area contributed by atoms with Crippen LogP contribution in [-0.2, 0) is 6.54 Å². The zero-order valence-corrected chi connectivity index (χ0v) is 13.4. The molecule has 1 heterocycles. The topological polar surface area (TPSA) is 48.1 Å². The van der Waals surface area contributed by atoms with Crippen LogP contribution in [0.5, 0.6) is 11.6 Å². The highest BCUT2D eigenvalue weighted by Crippen LogP contribution is 2.34. The molecule has 0 spiro atoms. The van der Waals surface area contributed by atoms with Gasteiger partial charge in [0.05, 0.1) is 4.47 Å². The predicted octanol–water partition coefficient (Wildman–Crippen LogP) is 4.90. The van der Waals surface area contributed by atoms with E-state index in [1.54, 1.807) is 24.4 Å². The number of nitrogens with two attached hydrogens (primary N) is 1. The molecule has 0 saturated heterocycles. The van der Waals surface area contributed by atoms with Crippen molar-refractivity contribution < 1.29 is 4.74 Å². The second-order valence-corrected chi connectivity index (χ2v) is 5.81. The molecule has 0 aliphatic rings. The third-order valence-electron chi connectivity index (χ3n) is 3.16. The Kier molecular flexibility index (Phi) is 4.10. The van der Waals surface area contributed by atoms with Gasteiger partial charge in [-0.05, 0) is 51.1 Å². The molecule has 5 heteroatoms. The van der Waals surface area contributed by atoms with Crippen molar-refractivity contribution >= 4 is 38.3 Å². The summed E-state index contributed by atoms with van der Waals surface area (Å²) >= 11 is 9.38. The lowest BCUT2D eigenvalue weighted by Crippen LogP contribution is -2.00. The maximum Gasteiger partial charge on any atom is 0.227 e. The van der Waals surface area contributed by atoms with Crippen molar-refractivity contribution in [1.29, 1.82) is 0 Å². The lowest BCUT2D eigenvalue weighted by molar-refractivity contribution is 0.466. The van der Waals surface area contributed by atoms with Crippen molar-refractivity contribution in [3.63, 3.8) is 0 Å². The quantitative estimate of drug-likeness (QED) is 0.720. The Morgan fingerprint density at radius 2 is 1.90 bits per heavy atom. The van der Waals surface area contributed by atoms with Gasteiger partial charge in [0.1, 0.15) is 5.75 Å². The van der Waals surface area contributed by atoms with Gasteiger partial charge in [0.15, 0.2) is 0 Å². The van der Waals surface area contributed by atoms with Gasteiger partial charge in [0, 0.05) is 23.2 Å². The van der Waals surface area contributed by atoms with Crippen molar-refractivity contribution in [2.75, 3.05) is 0 Å². The van der Waals surface area contributed by atoms with E-state index in [4.69, 9.17) is 22.1 Å². The number of hydrogen-bond donors (Lipinski definition) is 1. The van der Waals surface area contributed by atoms with E-state index in [2.05, 4.69) is 20.9 Å². The fourth-order valence-corrected chi connectivity index (χ4v) is 2.90. The molecular weight excluding hydrogens is 352 g/mol. The number of pyridine rings is 1. The van der Waals surface area contributed by atoms with Crippen LogP contribution in [0.15, 0.2) is 53.1 Å². The average Bonchev–Trinajstić information content (AvgIpc) is 2.50. The van der Waals surface area contributed by atoms with Crippen LogP contribution in [0.3, 0.4) is 0 Å². The second kappa shape index (κ2) is 6.02. The summed E-state index contributed by atoms with van der Waals surface area (Å²) < 4.78 is 6.70. The van der Waals surface area contributed by atoms with Crippen molar-refractivity contribution in [2.45, 2.75) is 6.54 Å². The molecule has 0 aliphatic carbocycles. The Balaban J connectivity index is 2.09. The highest BCUT2D eigenvalue weighted by Gasteiger charge is 2.10. The van der Waals surface area contributed by atoms with Gasteiger partial charge in [-0.2, -0.15) is 0 Å². The van der Waals surface area contributed by atoms with E-state index in [9.17, 15) is 0 Å². The Hall–Kier alpha value is -1.62. The Morgan fingerprint density at radius 3 is 2.62 bits per heavy atom. The number of aromatic nitrogens is 1. The SMILES string of the molecule is NCc1cnc(Oc2ccc(Cl)cc2Br)c2ccccc12. The molecule has 3 nitrogen and oxygen atoms in total. The molecule has 2 N–H and O–H groups in total. The summed E-state index contributed by atoms with van der Waals surface area (Å²) in [5.74, 6) is 1.21. The van der Waals surface area contributed by atoms with Gasteiger partial charge < -0.3 is 10.5 Å². The summed E-state index contributed by atoms with van der Waals surface area (Å²) in [5, 5.41) is 2.63. The molecule has 0 atom stereocenters. The van der Waals surface area contributed by atoms with Crippen molar-refractivity contribution in [2.24, 2.45) is 5.73 Å². The molecule has 0 saturated carbocycles. The average molecular weight is 364 g/mol. The summed E-state index contributed by atoms with van der Waals surface area (Å²) in [4.78, 5) is 4.38. The molecule has 106 valence electrons. The zero-order valence-electron chi connectivity index (χ0n) is 11.0. The van der Waals surface area contributed by atoms with E-state index >= 15 is 0 Å². The van der Waals surface area contributed by atoms with Crippen molar-refractivity contribution in [1.82, 2.24) is 4.98 Å². The van der Waals surface area contributed by atoms with Crippen LogP contribution in [0.1, 0.15) is 5.56 Å². The van der Waals surface area contributed by atoms with Crippen LogP contribution in [0.25, 0.3) is 10.8 Å². The molecule has 3 rings (SSSR count). The van der Waals surface area contributed by atoms with Crippen LogP contribution in [-0.4, -0.2) is 4.98 Å². The van der Waals surface area contributed by atoms with Gasteiger partial charge in [-0.3, -0.25) is 0 Å². The first kappa shape index (κ1) is 14.3. The molecule has 2 aromatic carbocycles. The third-order valence-corrected chi connectivity index (χ3v) is 4.02. The van der Waals surface area contributed by atoms with E-state index in [1.807, 2.05) is 24.3 Å². The first-order valence-electron chi connectivity index (χ1n) is 6.38. The molecule has 21 heavy (non-hydrogen) atoms. The van der Waals surface area contributed by atoms with Crippen LogP contribution in [0, 0.1) is 0 Å². The standard InChI is InChI=1S/C16H12BrClN2O/c17-14-7-11(18)5-6-15(14)21-16-13-4-2-1-3-12(13)10(8-19)9-20-16/h1-7,9H,8,19H2.